The summed E-state index contributed by atoms with van der Waals surface area (Å²) in [5, 5.41) is 9.86. The lowest BCUT2D eigenvalue weighted by Gasteiger charge is -2.35. The first-order valence-corrected chi connectivity index (χ1v) is 8.77. The summed E-state index contributed by atoms with van der Waals surface area (Å²) in [4.78, 5) is 12.1. The molecule has 22 heavy (non-hydrogen) atoms. The normalized spacial score (nSPS) is 15.9. The van der Waals surface area contributed by atoms with Gasteiger partial charge in [0.1, 0.15) is 4.75 Å². The number of carboxylic acids is 1. The van der Waals surface area contributed by atoms with Crippen molar-refractivity contribution in [3.63, 3.8) is 0 Å². The summed E-state index contributed by atoms with van der Waals surface area (Å²) >= 11 is 1.80. The molecule has 1 rings (SSSR count). The summed E-state index contributed by atoms with van der Waals surface area (Å²) in [5.41, 5.74) is -0.225. The van der Waals surface area contributed by atoms with E-state index >= 15 is 0 Å². The zero-order valence-electron chi connectivity index (χ0n) is 13.3. The summed E-state index contributed by atoms with van der Waals surface area (Å²) in [6, 6.07) is 6.97. The van der Waals surface area contributed by atoms with E-state index in [1.807, 2.05) is 0 Å². The first kappa shape index (κ1) is 19.2. The van der Waals surface area contributed by atoms with Crippen molar-refractivity contribution in [2.45, 2.75) is 44.4 Å². The molecular formula is C16H22BrNO3S. The van der Waals surface area contributed by atoms with Gasteiger partial charge in [0.05, 0.1) is 0 Å². The van der Waals surface area contributed by atoms with E-state index in [9.17, 15) is 14.5 Å². The molecule has 1 unspecified atom stereocenters. The minimum Gasteiger partial charge on any atom is -0.598 e. The fourth-order valence-corrected chi connectivity index (χ4v) is 3.10. The van der Waals surface area contributed by atoms with Gasteiger partial charge >= 0.3 is 5.97 Å². The Labute approximate surface area is 143 Å². The molecule has 0 aliphatic carbocycles. The van der Waals surface area contributed by atoms with Crippen LogP contribution < -0.4 is 4.72 Å². The first-order chi connectivity index (χ1) is 9.99. The van der Waals surface area contributed by atoms with Gasteiger partial charge in [-0.15, -0.1) is 11.3 Å². The third-order valence-corrected chi connectivity index (χ3v) is 5.27. The average molecular weight is 388 g/mol. The van der Waals surface area contributed by atoms with Gasteiger partial charge in [0.2, 0.25) is 0 Å². The molecule has 2 atom stereocenters. The van der Waals surface area contributed by atoms with E-state index < -0.39 is 27.6 Å². The molecule has 1 aromatic carbocycles. The smallest absolute Gasteiger partial charge is 0.333 e. The van der Waals surface area contributed by atoms with Crippen LogP contribution in [-0.2, 0) is 21.7 Å². The highest BCUT2D eigenvalue weighted by atomic mass is 79.9. The molecule has 122 valence electrons. The maximum absolute atomic E-state index is 12.5. The Morgan fingerprint density at radius 1 is 1.36 bits per heavy atom. The van der Waals surface area contributed by atoms with Crippen LogP contribution in [0, 0.1) is 0 Å². The van der Waals surface area contributed by atoms with Gasteiger partial charge in [-0.2, -0.15) is 0 Å². The SMILES string of the molecule is C=C(C)C[C@](N[S+]([O-])C(C)(C)C)(C(=O)O)c1ccc(Br)cc1. The van der Waals surface area contributed by atoms with Crippen molar-refractivity contribution in [2.75, 3.05) is 0 Å². The second-order valence-corrected chi connectivity index (χ2v) is 9.22. The minimum absolute atomic E-state index is 0.159. The molecule has 0 aliphatic heterocycles. The third kappa shape index (κ3) is 4.59. The Morgan fingerprint density at radius 3 is 2.23 bits per heavy atom. The average Bonchev–Trinajstić information content (AvgIpc) is 2.36. The molecule has 0 spiro atoms. The Balaban J connectivity index is 3.37. The Morgan fingerprint density at radius 2 is 1.86 bits per heavy atom. The van der Waals surface area contributed by atoms with Gasteiger partial charge < -0.3 is 9.66 Å². The Bertz CT molecular complexity index is 554. The number of rotatable bonds is 6. The van der Waals surface area contributed by atoms with Gasteiger partial charge in [0.25, 0.3) is 0 Å². The van der Waals surface area contributed by atoms with Crippen molar-refractivity contribution in [3.05, 3.63) is 46.5 Å². The van der Waals surface area contributed by atoms with Crippen LogP contribution in [0.25, 0.3) is 0 Å². The van der Waals surface area contributed by atoms with Crippen molar-refractivity contribution in [2.24, 2.45) is 0 Å². The van der Waals surface area contributed by atoms with Crippen LogP contribution in [0.1, 0.15) is 39.7 Å². The zero-order valence-corrected chi connectivity index (χ0v) is 15.7. The molecule has 0 saturated heterocycles. The van der Waals surface area contributed by atoms with Crippen LogP contribution in [0.4, 0.5) is 0 Å². The second-order valence-electron chi connectivity index (χ2n) is 6.33. The van der Waals surface area contributed by atoms with E-state index in [4.69, 9.17) is 0 Å². The fourth-order valence-electron chi connectivity index (χ4n) is 1.94. The predicted octanol–water partition coefficient (Wildman–Crippen LogP) is 3.75. The number of carbonyl (C=O) groups is 1. The van der Waals surface area contributed by atoms with E-state index in [0.29, 0.717) is 11.1 Å². The standard InChI is InChI=1S/C16H22BrNO3S/c1-11(2)10-16(14(19)20,18-22(21)15(3,4)5)12-6-8-13(17)9-7-12/h6-9,18H,1,10H2,2-5H3,(H,19,20)/t16-,22?/m1/s1. The van der Waals surface area contributed by atoms with Crippen molar-refractivity contribution in [1.82, 2.24) is 4.72 Å². The molecule has 0 saturated carbocycles. The molecule has 4 nitrogen and oxygen atoms in total. The van der Waals surface area contributed by atoms with Crippen LogP contribution in [0.5, 0.6) is 0 Å². The monoisotopic (exact) mass is 387 g/mol. The predicted molar refractivity (Wildman–Crippen MR) is 93.9 cm³/mol. The highest BCUT2D eigenvalue weighted by Crippen LogP contribution is 2.32. The summed E-state index contributed by atoms with van der Waals surface area (Å²) in [7, 11) is 0. The number of nitrogens with one attached hydrogen (secondary N) is 1. The molecule has 1 aromatic rings. The number of aliphatic carboxylic acids is 1. The molecule has 0 bridgehead atoms. The number of benzene rings is 1. The lowest BCUT2D eigenvalue weighted by Crippen LogP contribution is -2.55. The highest BCUT2D eigenvalue weighted by molar-refractivity contribution is 9.10. The highest BCUT2D eigenvalue weighted by Gasteiger charge is 2.46. The van der Waals surface area contributed by atoms with Crippen molar-refractivity contribution in [3.8, 4) is 0 Å². The maximum atomic E-state index is 12.5. The number of hydrogen-bond donors (Lipinski definition) is 2. The van der Waals surface area contributed by atoms with Crippen molar-refractivity contribution >= 4 is 33.3 Å². The van der Waals surface area contributed by atoms with Crippen LogP contribution in [-0.4, -0.2) is 20.4 Å². The van der Waals surface area contributed by atoms with Gasteiger partial charge in [0, 0.05) is 22.3 Å². The first-order valence-electron chi connectivity index (χ1n) is 6.82. The summed E-state index contributed by atoms with van der Waals surface area (Å²) in [6.07, 6.45) is 0.159. The van der Waals surface area contributed by atoms with Gasteiger partial charge in [-0.25, -0.2) is 4.79 Å². The quantitative estimate of drug-likeness (QED) is 0.575. The topological polar surface area (TPSA) is 72.4 Å². The summed E-state index contributed by atoms with van der Waals surface area (Å²) in [6.45, 7) is 11.0. The van der Waals surface area contributed by atoms with E-state index in [1.54, 1.807) is 52.0 Å². The van der Waals surface area contributed by atoms with E-state index in [1.165, 1.54) is 0 Å². The zero-order chi connectivity index (χ0) is 17.1. The molecule has 0 amide bonds. The minimum atomic E-state index is -1.53. The van der Waals surface area contributed by atoms with E-state index in [2.05, 4.69) is 27.2 Å². The summed E-state index contributed by atoms with van der Waals surface area (Å²) in [5.74, 6) is -1.07. The van der Waals surface area contributed by atoms with Gasteiger partial charge in [-0.05, 0) is 45.4 Å². The molecule has 2 N–H and O–H groups in total. The lowest BCUT2D eigenvalue weighted by atomic mass is 9.85. The van der Waals surface area contributed by atoms with E-state index in [-0.39, 0.29) is 6.42 Å². The van der Waals surface area contributed by atoms with Crippen LogP contribution in [0.15, 0.2) is 40.9 Å². The van der Waals surface area contributed by atoms with Crippen LogP contribution >= 0.6 is 15.9 Å². The van der Waals surface area contributed by atoms with Gasteiger partial charge in [-0.1, -0.05) is 33.6 Å². The molecule has 0 heterocycles. The van der Waals surface area contributed by atoms with E-state index in [0.717, 1.165) is 4.47 Å². The number of hydrogen-bond acceptors (Lipinski definition) is 3. The Kier molecular flexibility index (Phi) is 6.27. The van der Waals surface area contributed by atoms with Crippen molar-refractivity contribution < 1.29 is 14.5 Å². The van der Waals surface area contributed by atoms with Crippen LogP contribution in [0.2, 0.25) is 0 Å². The summed E-state index contributed by atoms with van der Waals surface area (Å²) < 4.78 is 15.6. The number of halogens is 1. The van der Waals surface area contributed by atoms with Gasteiger partial charge in [0.15, 0.2) is 5.54 Å². The fraction of sp³-hybridized carbons (Fsp3) is 0.438. The third-order valence-electron chi connectivity index (χ3n) is 3.09. The molecule has 6 heteroatoms. The van der Waals surface area contributed by atoms with Gasteiger partial charge in [-0.3, -0.25) is 0 Å². The maximum Gasteiger partial charge on any atom is 0.333 e. The second kappa shape index (κ2) is 7.17. The molecule has 0 radical (unpaired) electrons. The lowest BCUT2D eigenvalue weighted by molar-refractivity contribution is -0.144. The molecule has 0 fully saturated rings. The largest absolute Gasteiger partial charge is 0.598 e. The van der Waals surface area contributed by atoms with Crippen molar-refractivity contribution in [1.29, 1.82) is 0 Å². The molecular weight excluding hydrogens is 366 g/mol. The Hall–Kier alpha value is -0.820. The number of carboxylic acid groups (broad SMARTS) is 1. The van der Waals surface area contributed by atoms with Crippen LogP contribution in [0.3, 0.4) is 0 Å². The molecule has 0 aliphatic rings. The molecule has 0 aromatic heterocycles.